The second-order valence-electron chi connectivity index (χ2n) is 9.24. The zero-order chi connectivity index (χ0) is 25.2. The van der Waals surface area contributed by atoms with E-state index in [4.69, 9.17) is 0 Å². The number of hydrogen-bond acceptors (Lipinski definition) is 4. The van der Waals surface area contributed by atoms with Crippen LogP contribution in [0.25, 0.3) is 0 Å². The highest BCUT2D eigenvalue weighted by Gasteiger charge is 2.18. The number of aryl methyl sites for hydroxylation is 1. The molecule has 0 bridgehead atoms. The summed E-state index contributed by atoms with van der Waals surface area (Å²) in [7, 11) is 0. The summed E-state index contributed by atoms with van der Waals surface area (Å²) >= 11 is 1.57. The number of carbonyl (C=O) groups excluding carboxylic acids is 1. The largest absolute Gasteiger partial charge is 0.351 e. The molecule has 3 aromatic carbocycles. The van der Waals surface area contributed by atoms with Crippen molar-refractivity contribution in [1.82, 2.24) is 15.2 Å². The smallest absolute Gasteiger partial charge is 0.270 e. The summed E-state index contributed by atoms with van der Waals surface area (Å²) in [5.41, 5.74) is 5.74. The maximum absolute atomic E-state index is 12.4. The van der Waals surface area contributed by atoms with Gasteiger partial charge in [0.2, 0.25) is 0 Å². The predicted molar refractivity (Wildman–Crippen MR) is 149 cm³/mol. The van der Waals surface area contributed by atoms with Crippen molar-refractivity contribution in [3.63, 3.8) is 0 Å². The van der Waals surface area contributed by atoms with Crippen molar-refractivity contribution in [3.05, 3.63) is 123 Å². The Morgan fingerprint density at radius 1 is 0.917 bits per heavy atom. The fourth-order valence-electron chi connectivity index (χ4n) is 4.38. The Morgan fingerprint density at radius 2 is 1.56 bits per heavy atom. The van der Waals surface area contributed by atoms with E-state index >= 15 is 0 Å². The molecule has 36 heavy (non-hydrogen) atoms. The number of nitrogens with one attached hydrogen (secondary N) is 1. The van der Waals surface area contributed by atoms with Gasteiger partial charge in [-0.05, 0) is 43.0 Å². The minimum absolute atomic E-state index is 0.0855. The first-order valence-electron chi connectivity index (χ1n) is 12.7. The van der Waals surface area contributed by atoms with Gasteiger partial charge in [0.05, 0.1) is 6.54 Å². The van der Waals surface area contributed by atoms with Gasteiger partial charge in [-0.2, -0.15) is 0 Å². The van der Waals surface area contributed by atoms with Crippen LogP contribution in [0.15, 0.2) is 90.3 Å². The molecule has 0 saturated heterocycles. The van der Waals surface area contributed by atoms with E-state index in [0.717, 1.165) is 37.5 Å². The fourth-order valence-corrected chi connectivity index (χ4v) is 5.20. The van der Waals surface area contributed by atoms with Crippen LogP contribution >= 0.6 is 11.3 Å². The molecule has 0 fully saturated rings. The molecule has 5 heteroatoms. The van der Waals surface area contributed by atoms with Crippen LogP contribution in [0.3, 0.4) is 0 Å². The Kier molecular flexibility index (Phi) is 9.42. The highest BCUT2D eigenvalue weighted by Crippen LogP contribution is 2.29. The molecule has 1 N–H and O–H groups in total. The lowest BCUT2D eigenvalue weighted by molar-refractivity contribution is 0.0949. The molecule has 0 aliphatic carbocycles. The lowest BCUT2D eigenvalue weighted by Crippen LogP contribution is -2.26. The normalized spacial score (nSPS) is 11.2. The average Bonchev–Trinajstić information content (AvgIpc) is 3.38. The molecular formula is C31H35N3OS. The van der Waals surface area contributed by atoms with Gasteiger partial charge in [-0.1, -0.05) is 97.4 Å². The molecule has 0 aliphatic heterocycles. The van der Waals surface area contributed by atoms with Gasteiger partial charge >= 0.3 is 0 Å². The van der Waals surface area contributed by atoms with E-state index in [9.17, 15) is 4.79 Å². The third kappa shape index (κ3) is 7.36. The van der Waals surface area contributed by atoms with Gasteiger partial charge in [0.15, 0.2) is 0 Å². The van der Waals surface area contributed by atoms with E-state index in [2.05, 4.69) is 107 Å². The molecule has 1 heterocycles. The lowest BCUT2D eigenvalue weighted by Gasteiger charge is -2.25. The summed E-state index contributed by atoms with van der Waals surface area (Å²) in [6.45, 7) is 7.31. The molecule has 0 unspecified atom stereocenters. The predicted octanol–water partition coefficient (Wildman–Crippen LogP) is 6.82. The molecular weight excluding hydrogens is 462 g/mol. The van der Waals surface area contributed by atoms with E-state index in [1.807, 2.05) is 12.3 Å². The van der Waals surface area contributed by atoms with Crippen molar-refractivity contribution in [1.29, 1.82) is 0 Å². The molecule has 1 aromatic heterocycles. The molecule has 0 radical (unpaired) electrons. The minimum Gasteiger partial charge on any atom is -0.351 e. The summed E-state index contributed by atoms with van der Waals surface area (Å²) in [4.78, 5) is 19.5. The topological polar surface area (TPSA) is 45.2 Å². The second-order valence-corrected chi connectivity index (χ2v) is 10.2. The highest BCUT2D eigenvalue weighted by molar-refractivity contribution is 7.09. The number of thiazole rings is 1. The van der Waals surface area contributed by atoms with Gasteiger partial charge in [-0.3, -0.25) is 9.69 Å². The first-order valence-corrected chi connectivity index (χ1v) is 13.6. The Labute approximate surface area is 219 Å². The van der Waals surface area contributed by atoms with Crippen molar-refractivity contribution >= 4 is 17.2 Å². The van der Waals surface area contributed by atoms with Gasteiger partial charge < -0.3 is 5.32 Å². The van der Waals surface area contributed by atoms with Crippen LogP contribution in [0.2, 0.25) is 0 Å². The molecule has 4 aromatic rings. The zero-order valence-electron chi connectivity index (χ0n) is 21.2. The van der Waals surface area contributed by atoms with Crippen LogP contribution in [-0.4, -0.2) is 28.9 Å². The van der Waals surface area contributed by atoms with Crippen molar-refractivity contribution in [2.24, 2.45) is 0 Å². The van der Waals surface area contributed by atoms with Crippen molar-refractivity contribution in [2.75, 3.05) is 13.1 Å². The highest BCUT2D eigenvalue weighted by atomic mass is 32.1. The molecule has 0 aliphatic rings. The number of hydrogen-bond donors (Lipinski definition) is 1. The number of aromatic nitrogens is 1. The average molecular weight is 498 g/mol. The second kappa shape index (κ2) is 13.1. The van der Waals surface area contributed by atoms with Gasteiger partial charge in [0, 0.05) is 24.4 Å². The molecule has 4 nitrogen and oxygen atoms in total. The van der Waals surface area contributed by atoms with E-state index in [-0.39, 0.29) is 5.91 Å². The van der Waals surface area contributed by atoms with Crippen LogP contribution in [0, 0.1) is 6.92 Å². The van der Waals surface area contributed by atoms with Crippen LogP contribution in [-0.2, 0) is 13.1 Å². The molecule has 0 atom stereocenters. The monoisotopic (exact) mass is 497 g/mol. The van der Waals surface area contributed by atoms with Gasteiger partial charge in [0.25, 0.3) is 5.91 Å². The molecule has 0 saturated carbocycles. The molecule has 4 rings (SSSR count). The lowest BCUT2D eigenvalue weighted by atomic mass is 9.88. The van der Waals surface area contributed by atoms with E-state index in [0.29, 0.717) is 18.2 Å². The third-order valence-electron chi connectivity index (χ3n) is 6.34. The molecule has 0 spiro atoms. The number of amides is 1. The van der Waals surface area contributed by atoms with E-state index < -0.39 is 0 Å². The Hall–Kier alpha value is -3.28. The Morgan fingerprint density at radius 3 is 2.17 bits per heavy atom. The SMILES string of the molecule is CCCNC(=O)c1csc(CN(CCC(c2ccccc2)c2ccccc2)Cc2ccc(C)cc2)n1. The van der Waals surface area contributed by atoms with E-state index in [1.165, 1.54) is 22.3 Å². The first kappa shape index (κ1) is 25.8. The first-order chi connectivity index (χ1) is 17.6. The van der Waals surface area contributed by atoms with Crippen LogP contribution in [0.4, 0.5) is 0 Å². The Balaban J connectivity index is 1.52. The summed E-state index contributed by atoms with van der Waals surface area (Å²) in [6, 6.07) is 30.3. The number of nitrogens with zero attached hydrogens (tertiary/aromatic N) is 2. The Bertz CT molecular complexity index is 1170. The van der Waals surface area contributed by atoms with Crippen LogP contribution in [0.5, 0.6) is 0 Å². The minimum atomic E-state index is -0.0855. The molecule has 186 valence electrons. The maximum atomic E-state index is 12.4. The van der Waals surface area contributed by atoms with Crippen molar-refractivity contribution < 1.29 is 4.79 Å². The summed E-state index contributed by atoms with van der Waals surface area (Å²) in [5.74, 6) is 0.234. The van der Waals surface area contributed by atoms with Crippen molar-refractivity contribution in [2.45, 2.75) is 45.7 Å². The number of benzene rings is 3. The molecule has 1 amide bonds. The van der Waals surface area contributed by atoms with Crippen molar-refractivity contribution in [3.8, 4) is 0 Å². The van der Waals surface area contributed by atoms with Crippen LogP contribution in [0.1, 0.15) is 63.4 Å². The zero-order valence-corrected chi connectivity index (χ0v) is 22.0. The quantitative estimate of drug-likeness (QED) is 0.234. The standard InChI is InChI=1S/C31H35N3OS/c1-3-19-32-31(35)29-23-36-30(33-29)22-34(21-25-16-14-24(2)15-17-25)20-18-28(26-10-6-4-7-11-26)27-12-8-5-9-13-27/h4-17,23,28H,3,18-22H2,1-2H3,(H,32,35). The summed E-state index contributed by atoms with van der Waals surface area (Å²) < 4.78 is 0. The van der Waals surface area contributed by atoms with Gasteiger partial charge in [-0.15, -0.1) is 11.3 Å². The summed E-state index contributed by atoms with van der Waals surface area (Å²) in [5, 5.41) is 5.78. The van der Waals surface area contributed by atoms with Crippen LogP contribution < -0.4 is 5.32 Å². The van der Waals surface area contributed by atoms with Gasteiger partial charge in [0.1, 0.15) is 10.7 Å². The third-order valence-corrected chi connectivity index (χ3v) is 7.18. The summed E-state index contributed by atoms with van der Waals surface area (Å²) in [6.07, 6.45) is 1.91. The number of carbonyl (C=O) groups is 1. The van der Waals surface area contributed by atoms with Gasteiger partial charge in [-0.25, -0.2) is 4.98 Å². The fraction of sp³-hybridized carbons (Fsp3) is 0.290. The maximum Gasteiger partial charge on any atom is 0.270 e. The number of rotatable bonds is 12. The van der Waals surface area contributed by atoms with E-state index in [1.54, 1.807) is 11.3 Å².